The number of carbonyl (C=O) groups excluding carboxylic acids is 4. The summed E-state index contributed by atoms with van der Waals surface area (Å²) in [5.41, 5.74) is 0.612. The summed E-state index contributed by atoms with van der Waals surface area (Å²) in [6.07, 6.45) is 0.301. The molecular formula is C25H27NO11. The molecule has 12 nitrogen and oxygen atoms in total. The van der Waals surface area contributed by atoms with Crippen molar-refractivity contribution in [1.82, 2.24) is 5.32 Å². The van der Waals surface area contributed by atoms with E-state index in [0.717, 1.165) is 12.1 Å². The third kappa shape index (κ3) is 8.46. The fourth-order valence-corrected chi connectivity index (χ4v) is 2.99. The van der Waals surface area contributed by atoms with Crippen LogP contribution in [-0.2, 0) is 39.8 Å². The molecular weight excluding hydrogens is 490 g/mol. The summed E-state index contributed by atoms with van der Waals surface area (Å²) in [5.74, 6) is -5.85. The van der Waals surface area contributed by atoms with Crippen LogP contribution in [0.3, 0.4) is 0 Å². The van der Waals surface area contributed by atoms with Crippen LogP contribution >= 0.6 is 0 Å². The number of ether oxygens (including phenoxy) is 3. The van der Waals surface area contributed by atoms with E-state index in [1.807, 2.05) is 0 Å². The number of amides is 1. The molecule has 0 aliphatic carbocycles. The molecule has 0 bridgehead atoms. The van der Waals surface area contributed by atoms with Crippen molar-refractivity contribution >= 4 is 29.9 Å². The van der Waals surface area contributed by atoms with Gasteiger partial charge in [0.25, 0.3) is 5.91 Å². The van der Waals surface area contributed by atoms with Gasteiger partial charge in [-0.1, -0.05) is 12.1 Å². The molecule has 1 amide bonds. The van der Waals surface area contributed by atoms with Crippen LogP contribution in [0.15, 0.2) is 42.5 Å². The van der Waals surface area contributed by atoms with Gasteiger partial charge in [-0.25, -0.2) is 14.4 Å². The quantitative estimate of drug-likeness (QED) is 0.0949. The van der Waals surface area contributed by atoms with Gasteiger partial charge in [-0.2, -0.15) is 0 Å². The molecule has 0 radical (unpaired) electrons. The highest BCUT2D eigenvalue weighted by atomic mass is 16.6. The average Bonchev–Trinajstić information content (AvgIpc) is 2.85. The minimum absolute atomic E-state index is 0.0760. The van der Waals surface area contributed by atoms with Gasteiger partial charge < -0.3 is 40.0 Å². The van der Waals surface area contributed by atoms with Crippen LogP contribution in [0.2, 0.25) is 0 Å². The molecule has 0 fully saturated rings. The lowest BCUT2D eigenvalue weighted by atomic mass is 10.1. The van der Waals surface area contributed by atoms with Crippen LogP contribution < -0.4 is 5.32 Å². The Morgan fingerprint density at radius 1 is 0.838 bits per heavy atom. The van der Waals surface area contributed by atoms with E-state index >= 15 is 0 Å². The molecule has 0 spiro atoms. The first-order valence-electron chi connectivity index (χ1n) is 11.1. The molecule has 2 rings (SSSR count). The molecule has 2 aromatic rings. The van der Waals surface area contributed by atoms with E-state index in [2.05, 4.69) is 5.32 Å². The zero-order valence-electron chi connectivity index (χ0n) is 20.0. The summed E-state index contributed by atoms with van der Waals surface area (Å²) in [5, 5.41) is 40.4. The number of rotatable bonds is 11. The number of hydrogen-bond donors (Lipinski definition) is 5. The van der Waals surface area contributed by atoms with Crippen LogP contribution in [0.25, 0.3) is 6.08 Å². The van der Waals surface area contributed by atoms with E-state index in [1.54, 1.807) is 0 Å². The fraction of sp³-hybridized carbons (Fsp3) is 0.280. The largest absolute Gasteiger partial charge is 0.504 e. The van der Waals surface area contributed by atoms with Gasteiger partial charge in [0.05, 0.1) is 13.2 Å². The van der Waals surface area contributed by atoms with E-state index in [4.69, 9.17) is 14.2 Å². The number of esters is 3. The molecule has 1 atom stereocenters. The second-order valence-corrected chi connectivity index (χ2v) is 7.48. The first-order valence-corrected chi connectivity index (χ1v) is 11.1. The Kier molecular flexibility index (Phi) is 10.3. The Balaban J connectivity index is 2.28. The molecule has 2 aromatic carbocycles. The lowest BCUT2D eigenvalue weighted by molar-refractivity contribution is -0.161. The number of aromatic hydroxyl groups is 4. The van der Waals surface area contributed by atoms with Gasteiger partial charge in [0.1, 0.15) is 0 Å². The fourth-order valence-electron chi connectivity index (χ4n) is 2.99. The van der Waals surface area contributed by atoms with Crippen molar-refractivity contribution in [3.8, 4) is 23.0 Å². The maximum absolute atomic E-state index is 13.0. The molecule has 0 saturated carbocycles. The number of phenolic OH excluding ortho intramolecular Hbond substituents is 4. The summed E-state index contributed by atoms with van der Waals surface area (Å²) in [6, 6.07) is 5.66. The van der Waals surface area contributed by atoms with Crippen LogP contribution in [0, 0.1) is 0 Å². The van der Waals surface area contributed by atoms with Gasteiger partial charge in [0.15, 0.2) is 29.1 Å². The highest BCUT2D eigenvalue weighted by Gasteiger charge is 2.34. The van der Waals surface area contributed by atoms with Crippen molar-refractivity contribution in [2.45, 2.75) is 32.4 Å². The van der Waals surface area contributed by atoms with Crippen molar-refractivity contribution in [2.24, 2.45) is 0 Å². The Hall–Kier alpha value is -4.74. The normalized spacial score (nSPS) is 11.6. The number of hydrogen-bond acceptors (Lipinski definition) is 11. The second-order valence-electron chi connectivity index (χ2n) is 7.48. The molecule has 198 valence electrons. The van der Waals surface area contributed by atoms with E-state index < -0.39 is 53.2 Å². The number of nitrogens with one attached hydrogen (secondary N) is 1. The standard InChI is InChI=1S/C25H27NO11/c1-3-35-24(33)22(25(34)36-4-2)26-23(32)20(13-15-6-9-17(28)19(30)12-15)37-21(31)10-7-14-5-8-16(27)18(29)11-14/h5-12,20,22,27-30H,3-4,13H2,1-2H3,(H,26,32)/b10-7+. The molecule has 1 unspecified atom stereocenters. The smallest absolute Gasteiger partial charge is 0.340 e. The number of benzene rings is 2. The summed E-state index contributed by atoms with van der Waals surface area (Å²) in [7, 11) is 0. The number of phenols is 4. The minimum atomic E-state index is -1.82. The monoisotopic (exact) mass is 517 g/mol. The maximum Gasteiger partial charge on any atom is 0.340 e. The van der Waals surface area contributed by atoms with Gasteiger partial charge in [-0.05, 0) is 55.3 Å². The van der Waals surface area contributed by atoms with Gasteiger partial charge in [0.2, 0.25) is 6.04 Å². The Morgan fingerprint density at radius 3 is 1.95 bits per heavy atom. The van der Waals surface area contributed by atoms with Gasteiger partial charge in [-0.3, -0.25) is 4.79 Å². The first kappa shape index (κ1) is 28.5. The van der Waals surface area contributed by atoms with Crippen molar-refractivity contribution in [1.29, 1.82) is 0 Å². The highest BCUT2D eigenvalue weighted by molar-refractivity contribution is 6.03. The third-order valence-corrected chi connectivity index (χ3v) is 4.75. The average molecular weight is 517 g/mol. The lowest BCUT2D eigenvalue weighted by Crippen LogP contribution is -2.52. The van der Waals surface area contributed by atoms with Gasteiger partial charge in [-0.15, -0.1) is 0 Å². The Labute approximate surface area is 211 Å². The van der Waals surface area contributed by atoms with Crippen LogP contribution in [0.5, 0.6) is 23.0 Å². The topological polar surface area (TPSA) is 189 Å². The predicted molar refractivity (Wildman–Crippen MR) is 127 cm³/mol. The minimum Gasteiger partial charge on any atom is -0.504 e. The van der Waals surface area contributed by atoms with Crippen LogP contribution in [0.4, 0.5) is 0 Å². The van der Waals surface area contributed by atoms with E-state index in [0.29, 0.717) is 5.56 Å². The second kappa shape index (κ2) is 13.4. The van der Waals surface area contributed by atoms with Crippen molar-refractivity contribution < 1.29 is 53.8 Å². The molecule has 0 saturated heterocycles. The summed E-state index contributed by atoms with van der Waals surface area (Å²) in [4.78, 5) is 50.0. The van der Waals surface area contributed by atoms with Crippen molar-refractivity contribution in [3.05, 3.63) is 53.6 Å². The third-order valence-electron chi connectivity index (χ3n) is 4.75. The maximum atomic E-state index is 13.0. The van der Waals surface area contributed by atoms with Gasteiger partial charge in [0, 0.05) is 12.5 Å². The first-order chi connectivity index (χ1) is 17.5. The zero-order chi connectivity index (χ0) is 27.5. The summed E-state index contributed by atoms with van der Waals surface area (Å²) in [6.45, 7) is 2.86. The zero-order valence-corrected chi connectivity index (χ0v) is 20.0. The van der Waals surface area contributed by atoms with Gasteiger partial charge >= 0.3 is 17.9 Å². The molecule has 0 aliphatic heterocycles. The predicted octanol–water partition coefficient (Wildman–Crippen LogP) is 1.29. The number of carbonyl (C=O) groups is 4. The molecule has 5 N–H and O–H groups in total. The Bertz CT molecular complexity index is 1160. The van der Waals surface area contributed by atoms with Crippen LogP contribution in [0.1, 0.15) is 25.0 Å². The van der Waals surface area contributed by atoms with E-state index in [1.165, 1.54) is 50.3 Å². The highest BCUT2D eigenvalue weighted by Crippen LogP contribution is 2.26. The van der Waals surface area contributed by atoms with E-state index in [-0.39, 0.29) is 30.9 Å². The summed E-state index contributed by atoms with van der Waals surface area (Å²) < 4.78 is 14.9. The molecule has 0 aliphatic rings. The molecule has 12 heteroatoms. The van der Waals surface area contributed by atoms with Crippen molar-refractivity contribution in [2.75, 3.05) is 13.2 Å². The van der Waals surface area contributed by atoms with E-state index in [9.17, 15) is 39.6 Å². The SMILES string of the molecule is CCOC(=O)C(NC(=O)C(Cc1ccc(O)c(O)c1)OC(=O)/C=C/c1ccc(O)c(O)c1)C(=O)OCC. The molecule has 0 aromatic heterocycles. The van der Waals surface area contributed by atoms with Crippen LogP contribution in [-0.4, -0.2) is 69.6 Å². The molecule has 37 heavy (non-hydrogen) atoms. The molecule has 0 heterocycles. The lowest BCUT2D eigenvalue weighted by Gasteiger charge is -2.21. The van der Waals surface area contributed by atoms with Crippen molar-refractivity contribution in [3.63, 3.8) is 0 Å². The summed E-state index contributed by atoms with van der Waals surface area (Å²) >= 11 is 0. The Morgan fingerprint density at radius 2 is 1.41 bits per heavy atom.